The summed E-state index contributed by atoms with van der Waals surface area (Å²) >= 11 is 9.40. The van der Waals surface area contributed by atoms with Crippen LogP contribution >= 0.6 is 27.5 Å². The Morgan fingerprint density at radius 2 is 1.63 bits per heavy atom. The third-order valence-corrected chi connectivity index (χ3v) is 8.60. The summed E-state index contributed by atoms with van der Waals surface area (Å²) in [5.41, 5.74) is 1.87. The third kappa shape index (κ3) is 7.36. The Balaban J connectivity index is 2.02. The Kier molecular flexibility index (Phi) is 10.4. The largest absolute Gasteiger partial charge is 0.354 e. The zero-order chi connectivity index (χ0) is 27.9. The minimum Gasteiger partial charge on any atom is -0.354 e. The molecule has 7 nitrogen and oxygen atoms in total. The molecule has 0 aliphatic rings. The molecule has 0 spiro atoms. The summed E-state index contributed by atoms with van der Waals surface area (Å²) in [6.45, 7) is 5.49. The van der Waals surface area contributed by atoms with Crippen LogP contribution in [-0.4, -0.2) is 44.3 Å². The highest BCUT2D eigenvalue weighted by molar-refractivity contribution is 9.10. The molecule has 3 aromatic rings. The van der Waals surface area contributed by atoms with Gasteiger partial charge in [-0.15, -0.1) is 0 Å². The van der Waals surface area contributed by atoms with Crippen molar-refractivity contribution in [1.82, 2.24) is 10.2 Å². The van der Waals surface area contributed by atoms with Gasteiger partial charge in [-0.05, 0) is 73.9 Å². The van der Waals surface area contributed by atoms with Gasteiger partial charge in [0.25, 0.3) is 10.0 Å². The Bertz CT molecular complexity index is 1370. The SMILES string of the molecule is CCCNC(=O)[C@@H](C)N(Cc1ccc(Br)cc1)C(=O)CN(c1ccccc1C)S(=O)(=O)c1ccc(Cl)cc1. The van der Waals surface area contributed by atoms with Crippen LogP contribution in [0.2, 0.25) is 5.02 Å². The Labute approximate surface area is 238 Å². The molecular weight excluding hydrogens is 590 g/mol. The van der Waals surface area contributed by atoms with E-state index in [0.717, 1.165) is 20.8 Å². The Morgan fingerprint density at radius 1 is 1.00 bits per heavy atom. The van der Waals surface area contributed by atoms with Crippen molar-refractivity contribution >= 4 is 55.1 Å². The van der Waals surface area contributed by atoms with Gasteiger partial charge >= 0.3 is 0 Å². The summed E-state index contributed by atoms with van der Waals surface area (Å²) in [6, 6.07) is 19.3. The number of sulfonamides is 1. The van der Waals surface area contributed by atoms with E-state index >= 15 is 0 Å². The van der Waals surface area contributed by atoms with Crippen LogP contribution in [0, 0.1) is 6.92 Å². The molecular formula is C28H31BrClN3O4S. The van der Waals surface area contributed by atoms with Gasteiger partial charge < -0.3 is 10.2 Å². The number of para-hydroxylation sites is 1. The molecule has 10 heteroatoms. The van der Waals surface area contributed by atoms with Crippen molar-refractivity contribution in [3.63, 3.8) is 0 Å². The van der Waals surface area contributed by atoms with E-state index in [-0.39, 0.29) is 17.3 Å². The van der Waals surface area contributed by atoms with E-state index < -0.39 is 28.5 Å². The predicted octanol–water partition coefficient (Wildman–Crippen LogP) is 5.55. The quantitative estimate of drug-likeness (QED) is 0.305. The van der Waals surface area contributed by atoms with Gasteiger partial charge in [0.2, 0.25) is 11.8 Å². The molecule has 3 aromatic carbocycles. The van der Waals surface area contributed by atoms with Crippen molar-refractivity contribution in [3.8, 4) is 0 Å². The normalized spacial score (nSPS) is 12.0. The van der Waals surface area contributed by atoms with Gasteiger partial charge in [-0.3, -0.25) is 13.9 Å². The molecule has 0 fully saturated rings. The molecule has 1 atom stereocenters. The summed E-state index contributed by atoms with van der Waals surface area (Å²) in [5, 5.41) is 3.23. The summed E-state index contributed by atoms with van der Waals surface area (Å²) in [5.74, 6) is -0.812. The van der Waals surface area contributed by atoms with E-state index in [0.29, 0.717) is 22.8 Å². The van der Waals surface area contributed by atoms with Gasteiger partial charge in [0.1, 0.15) is 12.6 Å². The van der Waals surface area contributed by atoms with Crippen molar-refractivity contribution in [1.29, 1.82) is 0 Å². The molecule has 0 aliphatic carbocycles. The standard InChI is InChI=1S/C28H31BrClN3O4S/c1-4-17-31-28(35)21(3)32(18-22-9-11-23(29)12-10-22)27(34)19-33(26-8-6-5-7-20(26)2)38(36,37)25-15-13-24(30)14-16-25/h5-16,21H,4,17-19H2,1-3H3,(H,31,35)/t21-/m1/s1. The average molecular weight is 621 g/mol. The number of amides is 2. The van der Waals surface area contributed by atoms with Crippen LogP contribution in [0.25, 0.3) is 0 Å². The van der Waals surface area contributed by atoms with Gasteiger partial charge in [0.05, 0.1) is 10.6 Å². The maximum absolute atomic E-state index is 13.9. The molecule has 0 heterocycles. The zero-order valence-electron chi connectivity index (χ0n) is 21.5. The van der Waals surface area contributed by atoms with Gasteiger partial charge in [-0.25, -0.2) is 8.42 Å². The summed E-state index contributed by atoms with van der Waals surface area (Å²) < 4.78 is 29.6. The first-order valence-corrected chi connectivity index (χ1v) is 14.8. The number of benzene rings is 3. The molecule has 202 valence electrons. The van der Waals surface area contributed by atoms with Crippen molar-refractivity contribution in [3.05, 3.63) is 93.4 Å². The van der Waals surface area contributed by atoms with Gasteiger partial charge in [-0.2, -0.15) is 0 Å². The molecule has 38 heavy (non-hydrogen) atoms. The number of halogens is 2. The molecule has 0 saturated heterocycles. The van der Waals surface area contributed by atoms with E-state index in [1.165, 1.54) is 29.2 Å². The first-order chi connectivity index (χ1) is 18.0. The van der Waals surface area contributed by atoms with E-state index in [1.807, 2.05) is 31.2 Å². The molecule has 0 radical (unpaired) electrons. The lowest BCUT2D eigenvalue weighted by Crippen LogP contribution is -2.51. The molecule has 2 amide bonds. The van der Waals surface area contributed by atoms with Crippen LogP contribution in [0.5, 0.6) is 0 Å². The summed E-state index contributed by atoms with van der Waals surface area (Å²) in [7, 11) is -4.14. The second-order valence-corrected chi connectivity index (χ2v) is 12.1. The highest BCUT2D eigenvalue weighted by Crippen LogP contribution is 2.28. The topological polar surface area (TPSA) is 86.8 Å². The average Bonchev–Trinajstić information content (AvgIpc) is 2.90. The number of nitrogens with zero attached hydrogens (tertiary/aromatic N) is 2. The lowest BCUT2D eigenvalue weighted by atomic mass is 10.1. The smallest absolute Gasteiger partial charge is 0.264 e. The van der Waals surface area contributed by atoms with Crippen LogP contribution < -0.4 is 9.62 Å². The number of hydrogen-bond donors (Lipinski definition) is 1. The maximum atomic E-state index is 13.9. The van der Waals surface area contributed by atoms with E-state index in [4.69, 9.17) is 11.6 Å². The third-order valence-electron chi connectivity index (χ3n) is 6.05. The second-order valence-electron chi connectivity index (χ2n) is 8.87. The van der Waals surface area contributed by atoms with Gasteiger partial charge in [-0.1, -0.05) is 64.8 Å². The van der Waals surface area contributed by atoms with Crippen molar-refractivity contribution in [2.45, 2.75) is 44.7 Å². The lowest BCUT2D eigenvalue weighted by molar-refractivity contribution is -0.139. The second kappa shape index (κ2) is 13.3. The number of hydrogen-bond acceptors (Lipinski definition) is 4. The predicted molar refractivity (Wildman–Crippen MR) is 155 cm³/mol. The van der Waals surface area contributed by atoms with E-state index in [1.54, 1.807) is 38.1 Å². The number of aryl methyl sites for hydroxylation is 1. The minimum atomic E-state index is -4.14. The summed E-state index contributed by atoms with van der Waals surface area (Å²) in [4.78, 5) is 28.2. The van der Waals surface area contributed by atoms with Crippen molar-refractivity contribution in [2.24, 2.45) is 0 Å². The fourth-order valence-electron chi connectivity index (χ4n) is 3.86. The first kappa shape index (κ1) is 29.7. The monoisotopic (exact) mass is 619 g/mol. The number of anilines is 1. The van der Waals surface area contributed by atoms with Crippen LogP contribution in [0.1, 0.15) is 31.4 Å². The number of rotatable bonds is 11. The summed E-state index contributed by atoms with van der Waals surface area (Å²) in [6.07, 6.45) is 0.750. The number of nitrogens with one attached hydrogen (secondary N) is 1. The van der Waals surface area contributed by atoms with Gasteiger partial charge in [0, 0.05) is 22.6 Å². The van der Waals surface area contributed by atoms with Crippen LogP contribution in [-0.2, 0) is 26.2 Å². The highest BCUT2D eigenvalue weighted by Gasteiger charge is 2.33. The van der Waals surface area contributed by atoms with Gasteiger partial charge in [0.15, 0.2) is 0 Å². The zero-order valence-corrected chi connectivity index (χ0v) is 24.7. The highest BCUT2D eigenvalue weighted by atomic mass is 79.9. The molecule has 0 unspecified atom stereocenters. The molecule has 1 N–H and O–H groups in total. The fraction of sp³-hybridized carbons (Fsp3) is 0.286. The van der Waals surface area contributed by atoms with Crippen LogP contribution in [0.15, 0.2) is 82.2 Å². The maximum Gasteiger partial charge on any atom is 0.264 e. The molecule has 0 aliphatic heterocycles. The first-order valence-electron chi connectivity index (χ1n) is 12.2. The van der Waals surface area contributed by atoms with Crippen LogP contribution in [0.3, 0.4) is 0 Å². The fourth-order valence-corrected chi connectivity index (χ4v) is 5.72. The Morgan fingerprint density at radius 3 is 2.24 bits per heavy atom. The number of carbonyl (C=O) groups is 2. The van der Waals surface area contributed by atoms with Crippen LogP contribution in [0.4, 0.5) is 5.69 Å². The Hall–Kier alpha value is -2.88. The molecule has 0 aromatic heterocycles. The van der Waals surface area contributed by atoms with Crippen molar-refractivity contribution < 1.29 is 18.0 Å². The number of carbonyl (C=O) groups excluding carboxylic acids is 2. The van der Waals surface area contributed by atoms with Crippen molar-refractivity contribution in [2.75, 3.05) is 17.4 Å². The van der Waals surface area contributed by atoms with E-state index in [9.17, 15) is 18.0 Å². The lowest BCUT2D eigenvalue weighted by Gasteiger charge is -2.32. The molecule has 3 rings (SSSR count). The molecule has 0 saturated carbocycles. The minimum absolute atomic E-state index is 0.00569. The van der Waals surface area contributed by atoms with E-state index in [2.05, 4.69) is 21.2 Å². The molecule has 0 bridgehead atoms.